The normalized spacial score (nSPS) is 16.5. The van der Waals surface area contributed by atoms with Gasteiger partial charge in [-0.05, 0) is 81.9 Å². The summed E-state index contributed by atoms with van der Waals surface area (Å²) in [6, 6.07) is 41.1. The Hall–Kier alpha value is -5.04. The second-order valence-electron chi connectivity index (χ2n) is 10.8. The number of hydrogen-bond donors (Lipinski definition) is 0. The van der Waals surface area contributed by atoms with Gasteiger partial charge in [0.25, 0.3) is 0 Å². The Bertz CT molecular complexity index is 2080. The van der Waals surface area contributed by atoms with E-state index in [4.69, 9.17) is 0 Å². The summed E-state index contributed by atoms with van der Waals surface area (Å²) in [4.78, 5) is 29.6. The van der Waals surface area contributed by atoms with Crippen molar-refractivity contribution < 1.29 is 18.0 Å². The first-order valence-electron chi connectivity index (χ1n) is 14.1. The standard InChI is InChI=1S/C38H22O4S2/c39-37-29-19-25(23-7-3-1-4-8-23)11-15-33(29)43(41)35-17-13-27(21-31(35)37)28-14-18-36-32(22-28)38(40)30-20-26(12-16-34(30)44(36)42)24-9-5-2-6-10-24/h1-22H. The topological polar surface area (TPSA) is 68.3 Å². The van der Waals surface area contributed by atoms with Crippen LogP contribution in [-0.4, -0.2) is 20.0 Å². The van der Waals surface area contributed by atoms with E-state index in [-0.39, 0.29) is 11.6 Å². The largest absolute Gasteiger partial charge is 0.289 e. The van der Waals surface area contributed by atoms with Gasteiger partial charge in [0.2, 0.25) is 0 Å². The first-order valence-corrected chi connectivity index (χ1v) is 16.4. The van der Waals surface area contributed by atoms with Gasteiger partial charge < -0.3 is 0 Å². The van der Waals surface area contributed by atoms with Crippen LogP contribution in [0.5, 0.6) is 0 Å². The molecule has 0 aromatic heterocycles. The first-order chi connectivity index (χ1) is 21.5. The maximum absolute atomic E-state index is 13.8. The molecule has 2 heterocycles. The monoisotopic (exact) mass is 606 g/mol. The van der Waals surface area contributed by atoms with Crippen LogP contribution in [0.4, 0.5) is 0 Å². The van der Waals surface area contributed by atoms with Crippen molar-refractivity contribution in [2.24, 2.45) is 0 Å². The van der Waals surface area contributed by atoms with Gasteiger partial charge in [-0.1, -0.05) is 84.9 Å². The van der Waals surface area contributed by atoms with Gasteiger partial charge in [0.1, 0.15) is 0 Å². The van der Waals surface area contributed by atoms with E-state index in [9.17, 15) is 18.0 Å². The third-order valence-electron chi connectivity index (χ3n) is 8.24. The van der Waals surface area contributed by atoms with Crippen LogP contribution in [0.3, 0.4) is 0 Å². The molecule has 0 bridgehead atoms. The van der Waals surface area contributed by atoms with Crippen molar-refractivity contribution in [1.29, 1.82) is 0 Å². The molecule has 0 radical (unpaired) electrons. The molecule has 4 nitrogen and oxygen atoms in total. The highest BCUT2D eigenvalue weighted by Crippen LogP contribution is 2.39. The Morgan fingerprint density at radius 2 is 0.591 bits per heavy atom. The number of fused-ring (bicyclic) bond motifs is 4. The Balaban J connectivity index is 1.18. The molecule has 210 valence electrons. The molecule has 0 amide bonds. The Labute approximate surface area is 259 Å². The van der Waals surface area contributed by atoms with Gasteiger partial charge in [-0.3, -0.25) is 9.59 Å². The fourth-order valence-electron chi connectivity index (χ4n) is 5.98. The van der Waals surface area contributed by atoms with Crippen LogP contribution in [0.2, 0.25) is 0 Å². The summed E-state index contributed by atoms with van der Waals surface area (Å²) in [5.41, 5.74) is 6.74. The molecule has 2 unspecified atom stereocenters. The fourth-order valence-corrected chi connectivity index (χ4v) is 8.63. The van der Waals surface area contributed by atoms with Crippen LogP contribution in [0.25, 0.3) is 33.4 Å². The molecule has 2 aliphatic heterocycles. The quantitative estimate of drug-likeness (QED) is 0.204. The minimum absolute atomic E-state index is 0.188. The lowest BCUT2D eigenvalue weighted by Crippen LogP contribution is -2.17. The summed E-state index contributed by atoms with van der Waals surface area (Å²) in [7, 11) is -3.02. The molecule has 0 N–H and O–H groups in total. The van der Waals surface area contributed by atoms with Crippen LogP contribution >= 0.6 is 0 Å². The minimum atomic E-state index is -1.51. The zero-order valence-corrected chi connectivity index (χ0v) is 24.8. The second-order valence-corrected chi connectivity index (χ2v) is 13.6. The van der Waals surface area contributed by atoms with Crippen LogP contribution in [0.15, 0.2) is 153 Å². The third-order valence-corrected chi connectivity index (χ3v) is 11.3. The average Bonchev–Trinajstić information content (AvgIpc) is 3.09. The maximum Gasteiger partial charge on any atom is 0.195 e. The van der Waals surface area contributed by atoms with Crippen LogP contribution in [0, 0.1) is 0 Å². The van der Waals surface area contributed by atoms with Gasteiger partial charge in [0, 0.05) is 22.3 Å². The first kappa shape index (κ1) is 26.6. The van der Waals surface area contributed by atoms with Crippen molar-refractivity contribution in [2.45, 2.75) is 19.6 Å². The molecule has 0 aliphatic carbocycles. The summed E-state index contributed by atoms with van der Waals surface area (Å²) in [6.45, 7) is 0. The lowest BCUT2D eigenvalue weighted by molar-refractivity contribution is 0.102. The molecule has 6 heteroatoms. The molecule has 0 spiro atoms. The maximum atomic E-state index is 13.8. The van der Waals surface area contributed by atoms with Gasteiger partial charge in [0.05, 0.1) is 41.2 Å². The molecular formula is C38H22O4S2. The molecule has 2 atom stereocenters. The third kappa shape index (κ3) is 4.18. The van der Waals surface area contributed by atoms with Crippen LogP contribution in [0.1, 0.15) is 31.8 Å². The predicted molar refractivity (Wildman–Crippen MR) is 172 cm³/mol. The zero-order valence-electron chi connectivity index (χ0n) is 23.2. The van der Waals surface area contributed by atoms with Gasteiger partial charge in [-0.15, -0.1) is 0 Å². The van der Waals surface area contributed by atoms with Crippen LogP contribution in [-0.2, 0) is 21.6 Å². The van der Waals surface area contributed by atoms with Crippen molar-refractivity contribution in [2.75, 3.05) is 0 Å². The summed E-state index contributed by atoms with van der Waals surface area (Å²) < 4.78 is 27.1. The van der Waals surface area contributed by atoms with E-state index in [2.05, 4.69) is 0 Å². The van der Waals surface area contributed by atoms with E-state index in [1.807, 2.05) is 97.1 Å². The SMILES string of the molecule is O=C1c2cc(-c3ccccc3)ccc2S(=O)c2ccc(-c3ccc4c(c3)C(=O)c3cc(-c5ccccc5)ccc3S4=O)cc21. The Morgan fingerprint density at radius 1 is 0.318 bits per heavy atom. The number of carbonyl (C=O) groups excluding carboxylic acids is 2. The Kier molecular flexibility index (Phi) is 6.22. The van der Waals surface area contributed by atoms with Crippen LogP contribution < -0.4 is 0 Å². The lowest BCUT2D eigenvalue weighted by atomic mass is 9.93. The van der Waals surface area contributed by atoms with E-state index in [1.54, 1.807) is 36.4 Å². The van der Waals surface area contributed by atoms with Crippen molar-refractivity contribution in [3.05, 3.63) is 156 Å². The molecule has 0 fully saturated rings. The van der Waals surface area contributed by atoms with Gasteiger partial charge in [-0.25, -0.2) is 8.42 Å². The van der Waals surface area contributed by atoms with Crippen molar-refractivity contribution >= 4 is 33.2 Å². The highest BCUT2D eigenvalue weighted by molar-refractivity contribution is 7.85. The smallest absolute Gasteiger partial charge is 0.195 e. The second kappa shape index (κ2) is 10.3. The number of rotatable bonds is 3. The highest BCUT2D eigenvalue weighted by atomic mass is 32.2. The molecular weight excluding hydrogens is 585 g/mol. The average molecular weight is 607 g/mol. The molecule has 44 heavy (non-hydrogen) atoms. The van der Waals surface area contributed by atoms with Crippen molar-refractivity contribution in [1.82, 2.24) is 0 Å². The van der Waals surface area contributed by atoms with E-state index in [0.717, 1.165) is 22.3 Å². The van der Waals surface area contributed by atoms with E-state index < -0.39 is 21.6 Å². The van der Waals surface area contributed by atoms with E-state index >= 15 is 0 Å². The Morgan fingerprint density at radius 3 is 0.886 bits per heavy atom. The minimum Gasteiger partial charge on any atom is -0.289 e. The number of carbonyl (C=O) groups is 2. The summed E-state index contributed by atoms with van der Waals surface area (Å²) >= 11 is 0. The zero-order chi connectivity index (χ0) is 29.9. The molecule has 6 aromatic carbocycles. The number of hydrogen-bond acceptors (Lipinski definition) is 4. The number of ketones is 2. The fraction of sp³-hybridized carbons (Fsp3) is 0. The summed E-state index contributed by atoms with van der Waals surface area (Å²) in [5, 5.41) is 0. The molecule has 8 rings (SSSR count). The lowest BCUT2D eigenvalue weighted by Gasteiger charge is -2.21. The molecule has 2 aliphatic rings. The van der Waals surface area contributed by atoms with Crippen molar-refractivity contribution in [3.63, 3.8) is 0 Å². The van der Waals surface area contributed by atoms with E-state index in [1.165, 1.54) is 0 Å². The van der Waals surface area contributed by atoms with E-state index in [0.29, 0.717) is 53.0 Å². The highest BCUT2D eigenvalue weighted by Gasteiger charge is 2.32. The molecule has 0 saturated carbocycles. The predicted octanol–water partition coefficient (Wildman–Crippen LogP) is 8.11. The van der Waals surface area contributed by atoms with Crippen molar-refractivity contribution in [3.8, 4) is 33.4 Å². The summed E-state index contributed by atoms with van der Waals surface area (Å²) in [5.74, 6) is -0.376. The molecule has 0 saturated heterocycles. The van der Waals surface area contributed by atoms with Gasteiger partial charge >= 0.3 is 0 Å². The summed E-state index contributed by atoms with van der Waals surface area (Å²) in [6.07, 6.45) is 0. The van der Waals surface area contributed by atoms with Gasteiger partial charge in [0.15, 0.2) is 11.6 Å². The van der Waals surface area contributed by atoms with Gasteiger partial charge in [-0.2, -0.15) is 0 Å². The number of benzene rings is 6. The molecule has 6 aromatic rings.